The van der Waals surface area contributed by atoms with Gasteiger partial charge in [-0.15, -0.1) is 0 Å². The Morgan fingerprint density at radius 1 is 1.29 bits per heavy atom. The number of hydrogen-bond acceptors (Lipinski definition) is 3. The molecular formula is C15H18N2O4. The van der Waals surface area contributed by atoms with Gasteiger partial charge in [0.1, 0.15) is 11.8 Å². The minimum atomic E-state index is -0.935. The highest BCUT2D eigenvalue weighted by atomic mass is 16.5. The summed E-state index contributed by atoms with van der Waals surface area (Å²) in [6, 6.07) is 6.47. The number of carboxylic acid groups (broad SMARTS) is 1. The fraction of sp³-hybridized carbons (Fsp3) is 0.467. The number of likely N-dealkylation sites (tertiary alicyclic amines) is 1. The average molecular weight is 290 g/mol. The first-order chi connectivity index (χ1) is 10.2. The molecule has 1 fully saturated rings. The summed E-state index contributed by atoms with van der Waals surface area (Å²) < 4.78 is 5.56. The number of para-hydroxylation sites is 1. The molecule has 1 aromatic carbocycles. The van der Waals surface area contributed by atoms with Gasteiger partial charge in [0.25, 0.3) is 0 Å². The highest BCUT2D eigenvalue weighted by Gasteiger charge is 2.35. The molecule has 2 N–H and O–H groups in total. The van der Waals surface area contributed by atoms with Crippen LogP contribution in [0.3, 0.4) is 0 Å². The molecule has 21 heavy (non-hydrogen) atoms. The van der Waals surface area contributed by atoms with E-state index in [1.165, 1.54) is 4.90 Å². The molecule has 0 bridgehead atoms. The molecule has 0 aliphatic carbocycles. The molecule has 2 aliphatic heterocycles. The van der Waals surface area contributed by atoms with Crippen molar-refractivity contribution in [2.75, 3.05) is 13.2 Å². The van der Waals surface area contributed by atoms with E-state index in [2.05, 4.69) is 5.32 Å². The van der Waals surface area contributed by atoms with Gasteiger partial charge in [0.15, 0.2) is 0 Å². The average Bonchev–Trinajstić information content (AvgIpc) is 2.97. The topological polar surface area (TPSA) is 78.9 Å². The number of nitrogens with one attached hydrogen (secondary N) is 1. The molecule has 6 heteroatoms. The van der Waals surface area contributed by atoms with Crippen LogP contribution in [0.15, 0.2) is 24.3 Å². The maximum atomic E-state index is 12.3. The molecular weight excluding hydrogens is 272 g/mol. The van der Waals surface area contributed by atoms with Crippen LogP contribution in [0.25, 0.3) is 0 Å². The van der Waals surface area contributed by atoms with E-state index in [0.29, 0.717) is 26.0 Å². The Morgan fingerprint density at radius 3 is 2.90 bits per heavy atom. The van der Waals surface area contributed by atoms with Crippen molar-refractivity contribution < 1.29 is 19.4 Å². The Morgan fingerprint density at radius 2 is 2.10 bits per heavy atom. The van der Waals surface area contributed by atoms with Crippen LogP contribution >= 0.6 is 0 Å². The Balaban J connectivity index is 1.73. The van der Waals surface area contributed by atoms with Crippen molar-refractivity contribution in [3.63, 3.8) is 0 Å². The van der Waals surface area contributed by atoms with Crippen LogP contribution in [-0.2, 0) is 4.79 Å². The van der Waals surface area contributed by atoms with Crippen molar-refractivity contribution in [3.8, 4) is 5.75 Å². The second-order valence-corrected chi connectivity index (χ2v) is 5.37. The SMILES string of the molecule is O=C(O)C1CCCN1C(=O)NC1CCOc2ccccc21. The van der Waals surface area contributed by atoms with Crippen molar-refractivity contribution in [2.45, 2.75) is 31.3 Å². The first kappa shape index (κ1) is 13.7. The third-order valence-corrected chi connectivity index (χ3v) is 4.05. The molecule has 1 aromatic rings. The van der Waals surface area contributed by atoms with Crippen LogP contribution in [0, 0.1) is 0 Å². The normalized spacial score (nSPS) is 24.1. The number of urea groups is 1. The van der Waals surface area contributed by atoms with Gasteiger partial charge in [-0.05, 0) is 18.9 Å². The highest BCUT2D eigenvalue weighted by molar-refractivity contribution is 5.83. The first-order valence-corrected chi connectivity index (χ1v) is 7.18. The zero-order valence-electron chi connectivity index (χ0n) is 11.6. The van der Waals surface area contributed by atoms with Crippen molar-refractivity contribution in [1.29, 1.82) is 0 Å². The standard InChI is InChI=1S/C15H18N2O4/c18-14(19)12-5-3-8-17(12)15(20)16-11-7-9-21-13-6-2-1-4-10(11)13/h1-2,4,6,11-12H,3,5,7-9H2,(H,16,20)(H,18,19). The van der Waals surface area contributed by atoms with E-state index in [1.807, 2.05) is 24.3 Å². The minimum Gasteiger partial charge on any atom is -0.493 e. The smallest absolute Gasteiger partial charge is 0.326 e. The van der Waals surface area contributed by atoms with Crippen LogP contribution in [-0.4, -0.2) is 41.2 Å². The van der Waals surface area contributed by atoms with Crippen LogP contribution in [0.2, 0.25) is 0 Å². The summed E-state index contributed by atoms with van der Waals surface area (Å²) in [5, 5.41) is 12.1. The van der Waals surface area contributed by atoms with Crippen LogP contribution in [0.4, 0.5) is 4.79 Å². The number of benzene rings is 1. The van der Waals surface area contributed by atoms with E-state index < -0.39 is 12.0 Å². The number of fused-ring (bicyclic) bond motifs is 1. The number of carbonyl (C=O) groups excluding carboxylic acids is 1. The third-order valence-electron chi connectivity index (χ3n) is 4.05. The molecule has 2 aliphatic rings. The quantitative estimate of drug-likeness (QED) is 0.870. The van der Waals surface area contributed by atoms with E-state index >= 15 is 0 Å². The Hall–Kier alpha value is -2.24. The number of aliphatic carboxylic acids is 1. The molecule has 2 amide bonds. The number of ether oxygens (including phenoxy) is 1. The molecule has 0 saturated carbocycles. The fourth-order valence-electron chi connectivity index (χ4n) is 2.99. The summed E-state index contributed by atoms with van der Waals surface area (Å²) in [6.45, 7) is 1.04. The number of rotatable bonds is 2. The predicted octanol–water partition coefficient (Wildman–Crippen LogP) is 1.77. The lowest BCUT2D eigenvalue weighted by Gasteiger charge is -2.29. The van der Waals surface area contributed by atoms with E-state index in [4.69, 9.17) is 9.84 Å². The summed E-state index contributed by atoms with van der Waals surface area (Å²) in [7, 11) is 0. The lowest BCUT2D eigenvalue weighted by atomic mass is 10.0. The lowest BCUT2D eigenvalue weighted by molar-refractivity contribution is -0.141. The second kappa shape index (κ2) is 5.63. The van der Waals surface area contributed by atoms with Crippen LogP contribution < -0.4 is 10.1 Å². The summed E-state index contributed by atoms with van der Waals surface area (Å²) in [5.74, 6) is -0.153. The zero-order chi connectivity index (χ0) is 14.8. The Kier molecular flexibility index (Phi) is 3.68. The summed E-state index contributed by atoms with van der Waals surface area (Å²) in [4.78, 5) is 24.9. The predicted molar refractivity (Wildman–Crippen MR) is 75.2 cm³/mol. The lowest BCUT2D eigenvalue weighted by Crippen LogP contribution is -2.47. The zero-order valence-corrected chi connectivity index (χ0v) is 11.6. The van der Waals surface area contributed by atoms with Gasteiger partial charge in [0, 0.05) is 18.5 Å². The molecule has 0 aromatic heterocycles. The summed E-state index contributed by atoms with van der Waals surface area (Å²) >= 11 is 0. The maximum absolute atomic E-state index is 12.3. The van der Waals surface area contributed by atoms with Gasteiger partial charge in [0.05, 0.1) is 12.6 Å². The molecule has 2 unspecified atom stereocenters. The molecule has 2 atom stereocenters. The number of amides is 2. The molecule has 3 rings (SSSR count). The first-order valence-electron chi connectivity index (χ1n) is 7.18. The van der Waals surface area contributed by atoms with Crippen LogP contribution in [0.1, 0.15) is 30.9 Å². The minimum absolute atomic E-state index is 0.127. The molecule has 6 nitrogen and oxygen atoms in total. The number of nitrogens with zero attached hydrogens (tertiary/aromatic N) is 1. The number of carboxylic acids is 1. The maximum Gasteiger partial charge on any atom is 0.326 e. The van der Waals surface area contributed by atoms with E-state index in [0.717, 1.165) is 17.7 Å². The van der Waals surface area contributed by atoms with Crippen molar-refractivity contribution in [3.05, 3.63) is 29.8 Å². The highest BCUT2D eigenvalue weighted by Crippen LogP contribution is 2.32. The van der Waals surface area contributed by atoms with E-state index in [9.17, 15) is 9.59 Å². The fourth-order valence-corrected chi connectivity index (χ4v) is 2.99. The third kappa shape index (κ3) is 2.66. The van der Waals surface area contributed by atoms with E-state index in [1.54, 1.807) is 0 Å². The summed E-state index contributed by atoms with van der Waals surface area (Å²) in [6.07, 6.45) is 1.94. The van der Waals surface area contributed by atoms with Gasteiger partial charge < -0.3 is 20.1 Å². The Labute approximate surface area is 122 Å². The van der Waals surface area contributed by atoms with Crippen molar-refractivity contribution in [1.82, 2.24) is 10.2 Å². The van der Waals surface area contributed by atoms with Gasteiger partial charge in [-0.2, -0.15) is 0 Å². The van der Waals surface area contributed by atoms with Gasteiger partial charge >= 0.3 is 12.0 Å². The van der Waals surface area contributed by atoms with E-state index in [-0.39, 0.29) is 12.1 Å². The molecule has 2 heterocycles. The van der Waals surface area contributed by atoms with Gasteiger partial charge in [-0.3, -0.25) is 0 Å². The molecule has 1 saturated heterocycles. The second-order valence-electron chi connectivity index (χ2n) is 5.37. The number of carbonyl (C=O) groups is 2. The van der Waals surface area contributed by atoms with Gasteiger partial charge in [-0.25, -0.2) is 9.59 Å². The molecule has 0 spiro atoms. The monoisotopic (exact) mass is 290 g/mol. The van der Waals surface area contributed by atoms with Crippen molar-refractivity contribution >= 4 is 12.0 Å². The largest absolute Gasteiger partial charge is 0.493 e. The van der Waals surface area contributed by atoms with Crippen LogP contribution in [0.5, 0.6) is 5.75 Å². The molecule has 112 valence electrons. The Bertz CT molecular complexity index is 560. The van der Waals surface area contributed by atoms with Gasteiger partial charge in [0.2, 0.25) is 0 Å². The molecule has 0 radical (unpaired) electrons. The summed E-state index contributed by atoms with van der Waals surface area (Å²) in [5.41, 5.74) is 0.947. The number of hydrogen-bond donors (Lipinski definition) is 2. The van der Waals surface area contributed by atoms with Gasteiger partial charge in [-0.1, -0.05) is 18.2 Å². The van der Waals surface area contributed by atoms with Crippen molar-refractivity contribution in [2.24, 2.45) is 0 Å².